The van der Waals surface area contributed by atoms with Gasteiger partial charge in [0.15, 0.2) is 0 Å². The largest absolute Gasteiger partial charge is 0.573 e. The average Bonchev–Trinajstić information content (AvgIpc) is 2.38. The molecule has 0 unspecified atom stereocenters. The van der Waals surface area contributed by atoms with Gasteiger partial charge in [-0.05, 0) is 37.3 Å². The molecule has 5 nitrogen and oxygen atoms in total. The molecule has 0 spiro atoms. The number of rotatable bonds is 3. The summed E-state index contributed by atoms with van der Waals surface area (Å²) in [5.41, 5.74) is 1.27. The number of anilines is 2. The topological polar surface area (TPSA) is 70.8 Å². The van der Waals surface area contributed by atoms with Gasteiger partial charge in [0.25, 0.3) is 0 Å². The number of halogens is 3. The number of nitrogens with zero attached hydrogens (tertiary/aromatic N) is 3. The summed E-state index contributed by atoms with van der Waals surface area (Å²) in [5.74, 6) is -0.132. The van der Waals surface area contributed by atoms with Crippen molar-refractivity contribution in [2.24, 2.45) is 0 Å². The number of nitriles is 1. The highest BCUT2D eigenvalue weighted by Crippen LogP contribution is 2.24. The molecular weight excluding hydrogens is 285 g/mol. The van der Waals surface area contributed by atoms with Gasteiger partial charge in [0.1, 0.15) is 17.5 Å². The Kier molecular flexibility index (Phi) is 3.93. The van der Waals surface area contributed by atoms with Crippen LogP contribution in [0.5, 0.6) is 5.75 Å². The van der Waals surface area contributed by atoms with Crippen molar-refractivity contribution in [3.63, 3.8) is 0 Å². The number of hydrogen-bond donors (Lipinski definition) is 1. The van der Waals surface area contributed by atoms with Gasteiger partial charge in [0, 0.05) is 11.4 Å². The van der Waals surface area contributed by atoms with Crippen LogP contribution in [0.25, 0.3) is 0 Å². The second-order valence-corrected chi connectivity index (χ2v) is 4.03. The highest BCUT2D eigenvalue weighted by atomic mass is 19.4. The Morgan fingerprint density at radius 1 is 1.19 bits per heavy atom. The number of alkyl halides is 3. The molecule has 1 N–H and O–H groups in total. The molecule has 1 aromatic carbocycles. The molecule has 0 amide bonds. The first-order valence-corrected chi connectivity index (χ1v) is 5.74. The van der Waals surface area contributed by atoms with Crippen molar-refractivity contribution >= 4 is 11.6 Å². The summed E-state index contributed by atoms with van der Waals surface area (Å²) in [5, 5.41) is 11.6. The molecule has 0 atom stereocenters. The van der Waals surface area contributed by atoms with E-state index in [1.54, 1.807) is 6.92 Å². The molecule has 108 valence electrons. The van der Waals surface area contributed by atoms with E-state index < -0.39 is 6.36 Å². The fourth-order valence-corrected chi connectivity index (χ4v) is 1.55. The van der Waals surface area contributed by atoms with Crippen molar-refractivity contribution in [3.05, 3.63) is 41.7 Å². The normalized spacial score (nSPS) is 10.8. The van der Waals surface area contributed by atoms with Gasteiger partial charge in [-0.15, -0.1) is 13.2 Å². The summed E-state index contributed by atoms with van der Waals surface area (Å²) in [6.07, 6.45) is -4.73. The minimum Gasteiger partial charge on any atom is -0.406 e. The smallest absolute Gasteiger partial charge is 0.406 e. The molecule has 21 heavy (non-hydrogen) atoms. The van der Waals surface area contributed by atoms with Gasteiger partial charge in [-0.2, -0.15) is 5.26 Å². The second kappa shape index (κ2) is 5.66. The van der Waals surface area contributed by atoms with Crippen LogP contribution in [0, 0.1) is 18.3 Å². The van der Waals surface area contributed by atoms with Crippen LogP contribution in [0.4, 0.5) is 24.8 Å². The van der Waals surface area contributed by atoms with Crippen molar-refractivity contribution in [2.45, 2.75) is 13.3 Å². The van der Waals surface area contributed by atoms with E-state index in [9.17, 15) is 13.2 Å². The van der Waals surface area contributed by atoms with E-state index in [2.05, 4.69) is 20.0 Å². The lowest BCUT2D eigenvalue weighted by Gasteiger charge is -2.10. The Bertz CT molecular complexity index is 677. The summed E-state index contributed by atoms with van der Waals surface area (Å²) in [4.78, 5) is 8.01. The zero-order chi connectivity index (χ0) is 15.5. The van der Waals surface area contributed by atoms with Gasteiger partial charge < -0.3 is 10.1 Å². The van der Waals surface area contributed by atoms with Crippen molar-refractivity contribution in [1.82, 2.24) is 9.97 Å². The zero-order valence-corrected chi connectivity index (χ0v) is 10.8. The summed E-state index contributed by atoms with van der Waals surface area (Å²) in [7, 11) is 0. The number of aryl methyl sites for hydroxylation is 1. The third kappa shape index (κ3) is 4.35. The van der Waals surface area contributed by atoms with E-state index in [4.69, 9.17) is 5.26 Å². The van der Waals surface area contributed by atoms with E-state index in [1.807, 2.05) is 6.07 Å². The molecule has 2 aromatic rings. The first kappa shape index (κ1) is 14.6. The summed E-state index contributed by atoms with van der Waals surface area (Å²) in [6, 6.07) is 8.51. The van der Waals surface area contributed by atoms with Crippen LogP contribution < -0.4 is 10.1 Å². The number of aromatic nitrogens is 2. The van der Waals surface area contributed by atoms with Crippen molar-refractivity contribution < 1.29 is 17.9 Å². The third-order valence-electron chi connectivity index (χ3n) is 2.31. The third-order valence-corrected chi connectivity index (χ3v) is 2.31. The van der Waals surface area contributed by atoms with Crippen LogP contribution in [-0.2, 0) is 0 Å². The number of ether oxygens (including phenoxy) is 1. The molecule has 1 aromatic heterocycles. The summed E-state index contributed by atoms with van der Waals surface area (Å²) in [6.45, 7) is 1.70. The van der Waals surface area contributed by atoms with E-state index >= 15 is 0 Å². The minimum absolute atomic E-state index is 0.191. The van der Waals surface area contributed by atoms with Gasteiger partial charge in [-0.1, -0.05) is 0 Å². The van der Waals surface area contributed by atoms with Crippen molar-refractivity contribution in [3.8, 4) is 11.8 Å². The molecule has 0 radical (unpaired) electrons. The standard InChI is InChI=1S/C13H9F3N4O/c1-8-6-10(7-17)20-12(18-8)19-9-2-4-11(5-3-9)21-13(14,15)16/h2-6H,1H3,(H,18,19,20). The lowest BCUT2D eigenvalue weighted by molar-refractivity contribution is -0.274. The first-order valence-electron chi connectivity index (χ1n) is 5.74. The van der Waals surface area contributed by atoms with E-state index in [0.29, 0.717) is 11.4 Å². The first-order chi connectivity index (χ1) is 9.85. The fourth-order valence-electron chi connectivity index (χ4n) is 1.55. The molecule has 0 saturated carbocycles. The number of hydrogen-bond acceptors (Lipinski definition) is 5. The monoisotopic (exact) mass is 294 g/mol. The lowest BCUT2D eigenvalue weighted by atomic mass is 10.3. The Labute approximate surface area is 118 Å². The minimum atomic E-state index is -4.73. The molecule has 2 rings (SSSR count). The number of nitrogens with one attached hydrogen (secondary N) is 1. The Balaban J connectivity index is 2.14. The Hall–Kier alpha value is -2.82. The highest BCUT2D eigenvalue weighted by molar-refractivity contribution is 5.55. The predicted octanol–water partition coefficient (Wildman–Crippen LogP) is 3.30. The Morgan fingerprint density at radius 3 is 2.43 bits per heavy atom. The predicted molar refractivity (Wildman–Crippen MR) is 67.9 cm³/mol. The second-order valence-electron chi connectivity index (χ2n) is 4.03. The lowest BCUT2D eigenvalue weighted by Crippen LogP contribution is -2.17. The van der Waals surface area contributed by atoms with Crippen molar-refractivity contribution in [2.75, 3.05) is 5.32 Å². The van der Waals surface area contributed by atoms with Crippen LogP contribution in [0.2, 0.25) is 0 Å². The Morgan fingerprint density at radius 2 is 1.86 bits per heavy atom. The summed E-state index contributed by atoms with van der Waals surface area (Å²) < 4.78 is 39.8. The molecule has 0 aliphatic carbocycles. The maximum absolute atomic E-state index is 12.0. The van der Waals surface area contributed by atoms with Gasteiger partial charge >= 0.3 is 6.36 Å². The molecular formula is C13H9F3N4O. The summed E-state index contributed by atoms with van der Waals surface area (Å²) >= 11 is 0. The van der Waals surface area contributed by atoms with E-state index in [1.165, 1.54) is 18.2 Å². The molecule has 0 aliphatic heterocycles. The van der Waals surface area contributed by atoms with Crippen LogP contribution in [0.3, 0.4) is 0 Å². The number of benzene rings is 1. The zero-order valence-electron chi connectivity index (χ0n) is 10.8. The van der Waals surface area contributed by atoms with Gasteiger partial charge in [-0.3, -0.25) is 0 Å². The highest BCUT2D eigenvalue weighted by Gasteiger charge is 2.30. The van der Waals surface area contributed by atoms with Crippen LogP contribution in [0.15, 0.2) is 30.3 Å². The van der Waals surface area contributed by atoms with Gasteiger partial charge in [0.2, 0.25) is 5.95 Å². The van der Waals surface area contributed by atoms with E-state index in [-0.39, 0.29) is 17.4 Å². The SMILES string of the molecule is Cc1cc(C#N)nc(Nc2ccc(OC(F)(F)F)cc2)n1. The van der Waals surface area contributed by atoms with Crippen molar-refractivity contribution in [1.29, 1.82) is 5.26 Å². The molecule has 8 heteroatoms. The average molecular weight is 294 g/mol. The quantitative estimate of drug-likeness (QED) is 0.940. The molecule has 0 bridgehead atoms. The molecule has 0 fully saturated rings. The molecule has 0 aliphatic rings. The van der Waals surface area contributed by atoms with E-state index in [0.717, 1.165) is 12.1 Å². The molecule has 1 heterocycles. The maximum Gasteiger partial charge on any atom is 0.573 e. The van der Waals surface area contributed by atoms with Crippen LogP contribution in [-0.4, -0.2) is 16.3 Å². The van der Waals surface area contributed by atoms with Crippen LogP contribution in [0.1, 0.15) is 11.4 Å². The fraction of sp³-hybridized carbons (Fsp3) is 0.154. The van der Waals surface area contributed by atoms with Crippen LogP contribution >= 0.6 is 0 Å². The maximum atomic E-state index is 12.0. The molecule has 0 saturated heterocycles. The van der Waals surface area contributed by atoms with Gasteiger partial charge in [0.05, 0.1) is 0 Å². The van der Waals surface area contributed by atoms with Gasteiger partial charge in [-0.25, -0.2) is 9.97 Å².